The molecular weight excluding hydrogens is 392 g/mol. The summed E-state index contributed by atoms with van der Waals surface area (Å²) in [4.78, 5) is 27.6. The Kier molecular flexibility index (Phi) is 8.97. The van der Waals surface area contributed by atoms with Gasteiger partial charge >= 0.3 is 0 Å². The van der Waals surface area contributed by atoms with Gasteiger partial charge in [-0.25, -0.2) is 0 Å². The van der Waals surface area contributed by atoms with Crippen LogP contribution in [0, 0.1) is 6.92 Å². The molecule has 162 valence electrons. The fraction of sp³-hybridized carbons (Fsp3) is 0.440. The SMILES string of the molecule is Cc1cccc(CN(C(=O)CCSCc2ccccc2)[C@@H](C)C(=O)NC(C)(C)C)c1. The molecule has 0 bridgehead atoms. The number of benzene rings is 2. The van der Waals surface area contributed by atoms with E-state index in [0.29, 0.717) is 13.0 Å². The Morgan fingerprint density at radius 3 is 2.33 bits per heavy atom. The Morgan fingerprint density at radius 2 is 1.70 bits per heavy atom. The minimum atomic E-state index is -0.531. The van der Waals surface area contributed by atoms with Crippen LogP contribution in [0.25, 0.3) is 0 Å². The lowest BCUT2D eigenvalue weighted by atomic mass is 10.1. The summed E-state index contributed by atoms with van der Waals surface area (Å²) in [5, 5.41) is 3.00. The van der Waals surface area contributed by atoms with Gasteiger partial charge in [0.05, 0.1) is 0 Å². The number of thioether (sulfide) groups is 1. The summed E-state index contributed by atoms with van der Waals surface area (Å²) in [6.45, 7) is 10.1. The van der Waals surface area contributed by atoms with Crippen LogP contribution in [-0.2, 0) is 21.9 Å². The lowest BCUT2D eigenvalue weighted by Gasteiger charge is -2.31. The average Bonchev–Trinajstić information content (AvgIpc) is 2.68. The molecule has 0 fully saturated rings. The summed E-state index contributed by atoms with van der Waals surface area (Å²) in [5.41, 5.74) is 3.10. The van der Waals surface area contributed by atoms with E-state index in [1.165, 1.54) is 5.56 Å². The highest BCUT2D eigenvalue weighted by molar-refractivity contribution is 7.98. The molecule has 2 aromatic carbocycles. The van der Waals surface area contributed by atoms with Crippen molar-refractivity contribution < 1.29 is 9.59 Å². The third-order valence-corrected chi connectivity index (χ3v) is 5.70. The van der Waals surface area contributed by atoms with E-state index in [1.807, 2.05) is 71.0 Å². The zero-order chi connectivity index (χ0) is 22.1. The van der Waals surface area contributed by atoms with E-state index < -0.39 is 6.04 Å². The van der Waals surface area contributed by atoms with E-state index in [2.05, 4.69) is 23.5 Å². The van der Waals surface area contributed by atoms with E-state index in [1.54, 1.807) is 16.7 Å². The largest absolute Gasteiger partial charge is 0.350 e. The summed E-state index contributed by atoms with van der Waals surface area (Å²) in [6, 6.07) is 17.8. The molecule has 2 rings (SSSR count). The Balaban J connectivity index is 2.03. The summed E-state index contributed by atoms with van der Waals surface area (Å²) < 4.78 is 0. The monoisotopic (exact) mass is 426 g/mol. The quantitative estimate of drug-likeness (QED) is 0.577. The maximum atomic E-state index is 13.1. The fourth-order valence-electron chi connectivity index (χ4n) is 3.13. The normalized spacial score (nSPS) is 12.3. The van der Waals surface area contributed by atoms with Crippen LogP contribution >= 0.6 is 11.8 Å². The molecule has 2 aromatic rings. The molecule has 0 spiro atoms. The standard InChI is InChI=1S/C25H34N2O2S/c1-19-10-9-13-22(16-19)17-27(20(2)24(29)26-25(3,4)5)23(28)14-15-30-18-21-11-7-6-8-12-21/h6-13,16,20H,14-15,17-18H2,1-5H3,(H,26,29)/t20-/m0/s1. The third kappa shape index (κ3) is 8.23. The molecule has 0 aliphatic rings. The summed E-state index contributed by atoms with van der Waals surface area (Å²) >= 11 is 1.74. The van der Waals surface area contributed by atoms with Gasteiger partial charge < -0.3 is 10.2 Å². The number of carbonyl (C=O) groups is 2. The number of hydrogen-bond donors (Lipinski definition) is 1. The Morgan fingerprint density at radius 1 is 1.03 bits per heavy atom. The molecule has 4 nitrogen and oxygen atoms in total. The minimum Gasteiger partial charge on any atom is -0.350 e. The van der Waals surface area contributed by atoms with E-state index >= 15 is 0 Å². The number of aryl methyl sites for hydroxylation is 1. The number of amides is 2. The average molecular weight is 427 g/mol. The lowest BCUT2D eigenvalue weighted by molar-refractivity contribution is -0.140. The number of nitrogens with zero attached hydrogens (tertiary/aromatic N) is 1. The first kappa shape index (κ1) is 24.0. The molecule has 0 aromatic heterocycles. The molecule has 2 amide bonds. The highest BCUT2D eigenvalue weighted by Crippen LogP contribution is 2.17. The van der Waals surface area contributed by atoms with Crippen molar-refractivity contribution in [3.8, 4) is 0 Å². The summed E-state index contributed by atoms with van der Waals surface area (Å²) in [5.74, 6) is 1.49. The zero-order valence-electron chi connectivity index (χ0n) is 18.8. The van der Waals surface area contributed by atoms with Crippen molar-refractivity contribution in [3.63, 3.8) is 0 Å². The Hall–Kier alpha value is -2.27. The van der Waals surface area contributed by atoms with Gasteiger partial charge in [0, 0.05) is 30.0 Å². The predicted octanol–water partition coefficient (Wildman–Crippen LogP) is 4.95. The van der Waals surface area contributed by atoms with Gasteiger partial charge in [0.2, 0.25) is 11.8 Å². The third-order valence-electron chi connectivity index (χ3n) is 4.67. The van der Waals surface area contributed by atoms with Gasteiger partial charge in [-0.1, -0.05) is 60.2 Å². The number of hydrogen-bond acceptors (Lipinski definition) is 3. The summed E-state index contributed by atoms with van der Waals surface area (Å²) in [6.07, 6.45) is 0.413. The Bertz CT molecular complexity index is 831. The topological polar surface area (TPSA) is 49.4 Å². The maximum absolute atomic E-state index is 13.1. The second-order valence-corrected chi connectivity index (χ2v) is 9.82. The van der Waals surface area contributed by atoms with Crippen LogP contribution in [-0.4, -0.2) is 34.0 Å². The van der Waals surface area contributed by atoms with Gasteiger partial charge in [-0.3, -0.25) is 9.59 Å². The van der Waals surface area contributed by atoms with Crippen molar-refractivity contribution in [2.75, 3.05) is 5.75 Å². The van der Waals surface area contributed by atoms with Crippen LogP contribution in [0.4, 0.5) is 0 Å². The maximum Gasteiger partial charge on any atom is 0.242 e. The van der Waals surface area contributed by atoms with Gasteiger partial charge in [-0.15, -0.1) is 0 Å². The molecule has 0 heterocycles. The van der Waals surface area contributed by atoms with Gasteiger partial charge in [0.1, 0.15) is 6.04 Å². The van der Waals surface area contributed by atoms with Crippen LogP contribution in [0.2, 0.25) is 0 Å². The molecule has 1 atom stereocenters. The second kappa shape index (κ2) is 11.2. The first-order chi connectivity index (χ1) is 14.2. The first-order valence-electron chi connectivity index (χ1n) is 10.4. The molecule has 0 aliphatic carbocycles. The zero-order valence-corrected chi connectivity index (χ0v) is 19.6. The van der Waals surface area contributed by atoms with Gasteiger partial charge in [0.25, 0.3) is 0 Å². The molecular formula is C25H34N2O2S. The molecule has 0 saturated heterocycles. The first-order valence-corrected chi connectivity index (χ1v) is 11.6. The van der Waals surface area contributed by atoms with E-state index in [-0.39, 0.29) is 17.4 Å². The summed E-state index contributed by atoms with van der Waals surface area (Å²) in [7, 11) is 0. The molecule has 5 heteroatoms. The van der Waals surface area contributed by atoms with Gasteiger partial charge in [-0.05, 0) is 45.7 Å². The van der Waals surface area contributed by atoms with Crippen molar-refractivity contribution in [2.24, 2.45) is 0 Å². The Labute approximate surface area is 185 Å². The molecule has 1 N–H and O–H groups in total. The molecule has 0 unspecified atom stereocenters. The van der Waals surface area contributed by atoms with Crippen molar-refractivity contribution in [1.29, 1.82) is 0 Å². The molecule has 0 radical (unpaired) electrons. The van der Waals surface area contributed by atoms with Gasteiger partial charge in [0.15, 0.2) is 0 Å². The fourth-order valence-corrected chi connectivity index (χ4v) is 4.02. The lowest BCUT2D eigenvalue weighted by Crippen LogP contribution is -2.52. The number of rotatable bonds is 9. The number of nitrogens with one attached hydrogen (secondary N) is 1. The van der Waals surface area contributed by atoms with Crippen molar-refractivity contribution in [2.45, 2.75) is 64.9 Å². The van der Waals surface area contributed by atoms with Gasteiger partial charge in [-0.2, -0.15) is 11.8 Å². The van der Waals surface area contributed by atoms with Crippen molar-refractivity contribution >= 4 is 23.6 Å². The van der Waals surface area contributed by atoms with Crippen LogP contribution in [0.1, 0.15) is 50.8 Å². The number of carbonyl (C=O) groups excluding carboxylic acids is 2. The van der Waals surface area contributed by atoms with Crippen molar-refractivity contribution in [1.82, 2.24) is 10.2 Å². The molecule has 0 saturated carbocycles. The van der Waals surface area contributed by atoms with Crippen molar-refractivity contribution in [3.05, 3.63) is 71.3 Å². The highest BCUT2D eigenvalue weighted by Gasteiger charge is 2.28. The molecule has 30 heavy (non-hydrogen) atoms. The van der Waals surface area contributed by atoms with Crippen LogP contribution < -0.4 is 5.32 Å². The molecule has 0 aliphatic heterocycles. The smallest absolute Gasteiger partial charge is 0.242 e. The second-order valence-electron chi connectivity index (χ2n) is 8.71. The predicted molar refractivity (Wildman–Crippen MR) is 126 cm³/mol. The minimum absolute atomic E-state index is 0.00799. The van der Waals surface area contributed by atoms with E-state index in [9.17, 15) is 9.59 Å². The van der Waals surface area contributed by atoms with Crippen LogP contribution in [0.3, 0.4) is 0 Å². The van der Waals surface area contributed by atoms with E-state index in [0.717, 1.165) is 22.6 Å². The van der Waals surface area contributed by atoms with Crippen LogP contribution in [0.5, 0.6) is 0 Å². The van der Waals surface area contributed by atoms with E-state index in [4.69, 9.17) is 0 Å². The highest BCUT2D eigenvalue weighted by atomic mass is 32.2. The van der Waals surface area contributed by atoms with Crippen LogP contribution in [0.15, 0.2) is 54.6 Å².